The monoisotopic (exact) mass is 409 g/mol. The first-order valence-electron chi connectivity index (χ1n) is 9.32. The standard InChI is InChI=1S/C22H24FN5O2/c1-15(16-13-25-28(3)14-16)26-22-11-17(5-6-21(22)24-2)27-18-9-19(29-4)12-20(10-18)30-8-7-23/h5-6,9-14,27H,2,7-8H2,1,3-4H3/b26-15+. The van der Waals surface area contributed by atoms with E-state index in [4.69, 9.17) is 14.5 Å². The number of nitrogens with zero attached hydrogens (tertiary/aromatic N) is 4. The van der Waals surface area contributed by atoms with Crippen molar-refractivity contribution in [2.24, 2.45) is 17.0 Å². The van der Waals surface area contributed by atoms with E-state index in [0.29, 0.717) is 22.9 Å². The minimum absolute atomic E-state index is 0.0151. The molecule has 0 bridgehead atoms. The summed E-state index contributed by atoms with van der Waals surface area (Å²) >= 11 is 0. The second-order valence-electron chi connectivity index (χ2n) is 6.52. The summed E-state index contributed by atoms with van der Waals surface area (Å²) < 4.78 is 24.9. The third kappa shape index (κ3) is 5.22. The van der Waals surface area contributed by atoms with E-state index in [2.05, 4.69) is 22.1 Å². The van der Waals surface area contributed by atoms with E-state index in [0.717, 1.165) is 22.6 Å². The molecule has 7 nitrogen and oxygen atoms in total. The Morgan fingerprint density at radius 1 is 1.17 bits per heavy atom. The van der Waals surface area contributed by atoms with E-state index in [1.54, 1.807) is 30.1 Å². The first-order chi connectivity index (χ1) is 14.5. The van der Waals surface area contributed by atoms with Gasteiger partial charge in [-0.3, -0.25) is 14.7 Å². The van der Waals surface area contributed by atoms with Crippen LogP contribution in [0.15, 0.2) is 58.8 Å². The maximum absolute atomic E-state index is 12.4. The molecule has 0 unspecified atom stereocenters. The number of hydrogen-bond acceptors (Lipinski definition) is 6. The normalized spacial score (nSPS) is 11.3. The molecule has 0 aliphatic carbocycles. The van der Waals surface area contributed by atoms with Gasteiger partial charge in [-0.15, -0.1) is 0 Å². The predicted molar refractivity (Wildman–Crippen MR) is 118 cm³/mol. The first kappa shape index (κ1) is 21.0. The number of rotatable bonds is 9. The van der Waals surface area contributed by atoms with Crippen LogP contribution in [-0.4, -0.2) is 42.6 Å². The fraction of sp³-hybridized carbons (Fsp3) is 0.227. The molecule has 2 aromatic carbocycles. The lowest BCUT2D eigenvalue weighted by atomic mass is 10.2. The highest BCUT2D eigenvalue weighted by atomic mass is 19.1. The van der Waals surface area contributed by atoms with Gasteiger partial charge in [0.1, 0.15) is 24.8 Å². The van der Waals surface area contributed by atoms with Gasteiger partial charge in [0.25, 0.3) is 0 Å². The van der Waals surface area contributed by atoms with E-state index in [1.165, 1.54) is 0 Å². The number of aliphatic imine (C=N–C) groups is 2. The summed E-state index contributed by atoms with van der Waals surface area (Å²) in [4.78, 5) is 8.77. The molecule has 0 atom stereocenters. The second-order valence-corrected chi connectivity index (χ2v) is 6.52. The molecule has 0 radical (unpaired) electrons. The summed E-state index contributed by atoms with van der Waals surface area (Å²) in [5, 5.41) is 7.48. The summed E-state index contributed by atoms with van der Waals surface area (Å²) in [5.74, 6) is 1.12. The van der Waals surface area contributed by atoms with Crippen molar-refractivity contribution >= 4 is 35.2 Å². The Hall–Kier alpha value is -3.68. The number of aromatic nitrogens is 2. The molecule has 0 fully saturated rings. The molecular weight excluding hydrogens is 385 g/mol. The van der Waals surface area contributed by atoms with Crippen molar-refractivity contribution in [1.29, 1.82) is 0 Å². The van der Waals surface area contributed by atoms with Crippen molar-refractivity contribution in [1.82, 2.24) is 9.78 Å². The summed E-state index contributed by atoms with van der Waals surface area (Å²) in [6, 6.07) is 10.9. The molecule has 1 aromatic heterocycles. The molecule has 0 aliphatic heterocycles. The van der Waals surface area contributed by atoms with Crippen LogP contribution in [0.3, 0.4) is 0 Å². The highest BCUT2D eigenvalue weighted by molar-refractivity contribution is 6.00. The number of hydrogen-bond donors (Lipinski definition) is 1. The molecule has 30 heavy (non-hydrogen) atoms. The maximum atomic E-state index is 12.4. The van der Waals surface area contributed by atoms with Crippen molar-refractivity contribution in [3.05, 3.63) is 54.4 Å². The number of methoxy groups -OCH3 is 1. The van der Waals surface area contributed by atoms with Crippen LogP contribution < -0.4 is 14.8 Å². The lowest BCUT2D eigenvalue weighted by Gasteiger charge is -2.13. The van der Waals surface area contributed by atoms with Crippen molar-refractivity contribution in [3.8, 4) is 11.5 Å². The van der Waals surface area contributed by atoms with Gasteiger partial charge in [-0.05, 0) is 31.8 Å². The van der Waals surface area contributed by atoms with E-state index in [1.807, 2.05) is 44.4 Å². The average Bonchev–Trinajstić information content (AvgIpc) is 3.19. The molecule has 1 N–H and O–H groups in total. The fourth-order valence-corrected chi connectivity index (χ4v) is 2.85. The fourth-order valence-electron chi connectivity index (χ4n) is 2.85. The smallest absolute Gasteiger partial charge is 0.125 e. The van der Waals surface area contributed by atoms with Gasteiger partial charge in [-0.25, -0.2) is 4.39 Å². The number of ether oxygens (including phenoxy) is 2. The van der Waals surface area contributed by atoms with Gasteiger partial charge < -0.3 is 14.8 Å². The number of anilines is 2. The van der Waals surface area contributed by atoms with Crippen molar-refractivity contribution in [3.63, 3.8) is 0 Å². The van der Waals surface area contributed by atoms with Gasteiger partial charge in [0.15, 0.2) is 0 Å². The van der Waals surface area contributed by atoms with Crippen LogP contribution in [0.1, 0.15) is 12.5 Å². The molecule has 0 saturated carbocycles. The highest BCUT2D eigenvalue weighted by Crippen LogP contribution is 2.34. The molecule has 0 amide bonds. The SMILES string of the molecule is C=Nc1ccc(Nc2cc(OC)cc(OCCF)c2)cc1/N=C(\C)c1cnn(C)c1. The molecule has 1 heterocycles. The van der Waals surface area contributed by atoms with Crippen molar-refractivity contribution in [2.75, 3.05) is 25.7 Å². The lowest BCUT2D eigenvalue weighted by Crippen LogP contribution is -2.00. The summed E-state index contributed by atoms with van der Waals surface area (Å²) in [6.45, 7) is 4.97. The highest BCUT2D eigenvalue weighted by Gasteiger charge is 2.08. The first-order valence-corrected chi connectivity index (χ1v) is 9.32. The van der Waals surface area contributed by atoms with E-state index < -0.39 is 6.67 Å². The maximum Gasteiger partial charge on any atom is 0.125 e. The number of halogens is 1. The summed E-state index contributed by atoms with van der Waals surface area (Å²) in [5.41, 5.74) is 4.61. The number of nitrogens with one attached hydrogen (secondary N) is 1. The Morgan fingerprint density at radius 2 is 1.97 bits per heavy atom. The molecule has 0 saturated heterocycles. The van der Waals surface area contributed by atoms with Gasteiger partial charge in [0.2, 0.25) is 0 Å². The molecule has 156 valence electrons. The zero-order valence-corrected chi connectivity index (χ0v) is 17.2. The van der Waals surface area contributed by atoms with Crippen molar-refractivity contribution in [2.45, 2.75) is 6.92 Å². The van der Waals surface area contributed by atoms with Crippen LogP contribution in [0, 0.1) is 0 Å². The van der Waals surface area contributed by atoms with E-state index in [9.17, 15) is 4.39 Å². The Morgan fingerprint density at radius 3 is 2.63 bits per heavy atom. The zero-order chi connectivity index (χ0) is 21.5. The average molecular weight is 409 g/mol. The Kier molecular flexibility index (Phi) is 6.79. The summed E-state index contributed by atoms with van der Waals surface area (Å²) in [7, 11) is 3.42. The zero-order valence-electron chi connectivity index (χ0n) is 17.2. The molecule has 0 spiro atoms. The Labute approximate surface area is 174 Å². The van der Waals surface area contributed by atoms with Crippen LogP contribution >= 0.6 is 0 Å². The van der Waals surface area contributed by atoms with Gasteiger partial charge in [0, 0.05) is 54.1 Å². The van der Waals surface area contributed by atoms with Crippen LogP contribution in [0.25, 0.3) is 0 Å². The molecule has 0 aliphatic rings. The largest absolute Gasteiger partial charge is 0.497 e. The van der Waals surface area contributed by atoms with Crippen LogP contribution in [0.2, 0.25) is 0 Å². The van der Waals surface area contributed by atoms with Crippen LogP contribution in [-0.2, 0) is 7.05 Å². The van der Waals surface area contributed by atoms with Gasteiger partial charge in [0.05, 0.1) is 24.7 Å². The Bertz CT molecular complexity index is 1060. The molecule has 3 aromatic rings. The van der Waals surface area contributed by atoms with Crippen molar-refractivity contribution < 1.29 is 13.9 Å². The predicted octanol–water partition coefficient (Wildman–Crippen LogP) is 4.99. The summed E-state index contributed by atoms with van der Waals surface area (Å²) in [6.07, 6.45) is 3.66. The number of benzene rings is 2. The minimum atomic E-state index is -0.562. The van der Waals surface area contributed by atoms with Crippen LogP contribution in [0.5, 0.6) is 11.5 Å². The second kappa shape index (κ2) is 9.69. The van der Waals surface area contributed by atoms with Gasteiger partial charge in [-0.1, -0.05) is 0 Å². The van der Waals surface area contributed by atoms with Gasteiger partial charge in [-0.2, -0.15) is 5.10 Å². The molecule has 8 heteroatoms. The van der Waals surface area contributed by atoms with Gasteiger partial charge >= 0.3 is 0 Å². The molecular formula is C22H24FN5O2. The van der Waals surface area contributed by atoms with E-state index >= 15 is 0 Å². The third-order valence-electron chi connectivity index (χ3n) is 4.31. The topological polar surface area (TPSA) is 73.0 Å². The molecule has 3 rings (SSSR count). The quantitative estimate of drug-likeness (QED) is 0.505. The third-order valence-corrected chi connectivity index (χ3v) is 4.31. The van der Waals surface area contributed by atoms with E-state index in [-0.39, 0.29) is 6.61 Å². The lowest BCUT2D eigenvalue weighted by molar-refractivity contribution is 0.272. The van der Waals surface area contributed by atoms with Crippen LogP contribution in [0.4, 0.5) is 27.1 Å². The minimum Gasteiger partial charge on any atom is -0.497 e. The number of alkyl halides is 1. The Balaban J connectivity index is 1.90. The number of aryl methyl sites for hydroxylation is 1.